The molecule has 0 spiro atoms. The second kappa shape index (κ2) is 7.55. The number of nitrogens with one attached hydrogen (secondary N) is 1. The average molecular weight is 376 g/mol. The largest absolute Gasteiger partial charge is 0.457 e. The molecule has 6 heteroatoms. The highest BCUT2D eigenvalue weighted by Gasteiger charge is 2.10. The molecular formula is C19H12Cl2FNO2. The number of hydrogen-bond donors (Lipinski definition) is 1. The minimum absolute atomic E-state index is 0.114. The molecule has 3 aromatic rings. The van der Waals surface area contributed by atoms with Crippen LogP contribution in [0.5, 0.6) is 0 Å². The van der Waals surface area contributed by atoms with Crippen LogP contribution in [0.15, 0.2) is 65.1 Å². The minimum Gasteiger partial charge on any atom is -0.457 e. The number of carbonyl (C=O) groups is 1. The van der Waals surface area contributed by atoms with Gasteiger partial charge in [-0.2, -0.15) is 0 Å². The molecule has 3 nitrogen and oxygen atoms in total. The summed E-state index contributed by atoms with van der Waals surface area (Å²) in [5.74, 6) is 0.0142. The normalized spacial score (nSPS) is 11.0. The Morgan fingerprint density at radius 3 is 2.64 bits per heavy atom. The van der Waals surface area contributed by atoms with Crippen molar-refractivity contribution in [2.24, 2.45) is 0 Å². The molecule has 126 valence electrons. The third kappa shape index (κ3) is 4.10. The summed E-state index contributed by atoms with van der Waals surface area (Å²) >= 11 is 12.2. The molecule has 1 heterocycles. The van der Waals surface area contributed by atoms with Gasteiger partial charge in [0.25, 0.3) is 0 Å². The zero-order valence-electron chi connectivity index (χ0n) is 12.8. The van der Waals surface area contributed by atoms with Gasteiger partial charge in [0.05, 0.1) is 15.7 Å². The van der Waals surface area contributed by atoms with E-state index >= 15 is 0 Å². The monoisotopic (exact) mass is 375 g/mol. The van der Waals surface area contributed by atoms with E-state index in [0.29, 0.717) is 27.1 Å². The highest BCUT2D eigenvalue weighted by molar-refractivity contribution is 6.43. The molecule has 2 aromatic carbocycles. The molecule has 1 amide bonds. The van der Waals surface area contributed by atoms with Crippen LogP contribution in [0.4, 0.5) is 10.1 Å². The van der Waals surface area contributed by atoms with Crippen molar-refractivity contribution in [1.82, 2.24) is 0 Å². The van der Waals surface area contributed by atoms with Crippen molar-refractivity contribution >= 4 is 40.9 Å². The summed E-state index contributed by atoms with van der Waals surface area (Å²) in [6.07, 6.45) is 2.74. The van der Waals surface area contributed by atoms with Crippen molar-refractivity contribution in [2.45, 2.75) is 0 Å². The first-order valence-electron chi connectivity index (χ1n) is 7.32. The van der Waals surface area contributed by atoms with Crippen molar-refractivity contribution in [1.29, 1.82) is 0 Å². The lowest BCUT2D eigenvalue weighted by Gasteiger charge is -2.02. The molecule has 0 saturated heterocycles. The molecule has 0 aliphatic carbocycles. The van der Waals surface area contributed by atoms with Gasteiger partial charge in [0.1, 0.15) is 17.3 Å². The van der Waals surface area contributed by atoms with Gasteiger partial charge in [0.15, 0.2) is 0 Å². The summed E-state index contributed by atoms with van der Waals surface area (Å²) in [7, 11) is 0. The summed E-state index contributed by atoms with van der Waals surface area (Å²) in [5.41, 5.74) is 0.771. The third-order valence-electron chi connectivity index (χ3n) is 3.37. The molecular weight excluding hydrogens is 364 g/mol. The highest BCUT2D eigenvalue weighted by atomic mass is 35.5. The Balaban J connectivity index is 1.73. The summed E-state index contributed by atoms with van der Waals surface area (Å²) in [5, 5.41) is 3.28. The van der Waals surface area contributed by atoms with Gasteiger partial charge in [-0.3, -0.25) is 4.79 Å². The van der Waals surface area contributed by atoms with Gasteiger partial charge in [0.2, 0.25) is 5.91 Å². The number of benzene rings is 2. The van der Waals surface area contributed by atoms with Gasteiger partial charge in [-0.25, -0.2) is 4.39 Å². The number of rotatable bonds is 4. The van der Waals surface area contributed by atoms with Gasteiger partial charge in [-0.05, 0) is 42.5 Å². The zero-order chi connectivity index (χ0) is 17.8. The van der Waals surface area contributed by atoms with Crippen molar-refractivity contribution < 1.29 is 13.6 Å². The minimum atomic E-state index is -0.500. The van der Waals surface area contributed by atoms with E-state index in [4.69, 9.17) is 27.6 Å². The Bertz CT molecular complexity index is 950. The van der Waals surface area contributed by atoms with Crippen LogP contribution < -0.4 is 5.32 Å². The van der Waals surface area contributed by atoms with Crippen LogP contribution in [0.3, 0.4) is 0 Å². The summed E-state index contributed by atoms with van der Waals surface area (Å²) in [6.45, 7) is 0. The van der Waals surface area contributed by atoms with Crippen LogP contribution in [-0.2, 0) is 4.79 Å². The van der Waals surface area contributed by atoms with Crippen molar-refractivity contribution in [2.75, 3.05) is 5.32 Å². The highest BCUT2D eigenvalue weighted by Crippen LogP contribution is 2.34. The van der Waals surface area contributed by atoms with Crippen LogP contribution in [0.2, 0.25) is 10.0 Å². The Morgan fingerprint density at radius 2 is 1.84 bits per heavy atom. The van der Waals surface area contributed by atoms with Gasteiger partial charge < -0.3 is 9.73 Å². The van der Waals surface area contributed by atoms with Gasteiger partial charge in [-0.15, -0.1) is 0 Å². The smallest absolute Gasteiger partial charge is 0.248 e. The maximum atomic E-state index is 13.5. The number of anilines is 1. The third-order valence-corrected chi connectivity index (χ3v) is 4.19. The van der Waals surface area contributed by atoms with Crippen LogP contribution in [0, 0.1) is 5.82 Å². The molecule has 0 saturated carbocycles. The molecule has 1 aromatic heterocycles. The standard InChI is InChI=1S/C19H12Cl2FNO2/c20-14-5-3-4-13(19(14)21)17-10-8-12(25-17)9-11-18(24)23-16-7-2-1-6-15(16)22/h1-11H,(H,23,24). The molecule has 0 radical (unpaired) electrons. The van der Waals surface area contributed by atoms with Gasteiger partial charge >= 0.3 is 0 Å². The van der Waals surface area contributed by atoms with Crippen LogP contribution in [0.1, 0.15) is 5.76 Å². The molecule has 1 N–H and O–H groups in total. The number of hydrogen-bond acceptors (Lipinski definition) is 2. The first kappa shape index (κ1) is 17.3. The zero-order valence-corrected chi connectivity index (χ0v) is 14.3. The molecule has 0 aliphatic heterocycles. The Morgan fingerprint density at radius 1 is 1.04 bits per heavy atom. The van der Waals surface area contributed by atoms with E-state index in [1.807, 2.05) is 0 Å². The number of halogens is 3. The molecule has 25 heavy (non-hydrogen) atoms. The Hall–Kier alpha value is -2.56. The molecule has 0 bridgehead atoms. The molecule has 0 aliphatic rings. The van der Waals surface area contributed by atoms with Crippen LogP contribution >= 0.6 is 23.2 Å². The van der Waals surface area contributed by atoms with Gasteiger partial charge in [-0.1, -0.05) is 41.4 Å². The second-order valence-corrected chi connectivity index (χ2v) is 5.89. The predicted octanol–water partition coefficient (Wildman–Crippen LogP) is 6.04. The fourth-order valence-corrected chi connectivity index (χ4v) is 2.57. The van der Waals surface area contributed by atoms with E-state index in [2.05, 4.69) is 5.32 Å². The predicted molar refractivity (Wildman–Crippen MR) is 98.2 cm³/mol. The molecule has 0 fully saturated rings. The average Bonchev–Trinajstić information content (AvgIpc) is 3.06. The molecule has 3 rings (SSSR count). The Kier molecular flexibility index (Phi) is 5.22. The number of para-hydroxylation sites is 1. The van der Waals surface area contributed by atoms with Gasteiger partial charge in [0, 0.05) is 11.6 Å². The SMILES string of the molecule is O=C(C=Cc1ccc(-c2cccc(Cl)c2Cl)o1)Nc1ccccc1F. The lowest BCUT2D eigenvalue weighted by molar-refractivity contribution is -0.111. The number of amides is 1. The topological polar surface area (TPSA) is 42.2 Å². The lowest BCUT2D eigenvalue weighted by atomic mass is 10.2. The number of furan rings is 1. The fraction of sp³-hybridized carbons (Fsp3) is 0. The van der Waals surface area contributed by atoms with E-state index in [1.54, 1.807) is 42.5 Å². The number of carbonyl (C=O) groups excluding carboxylic acids is 1. The summed E-state index contributed by atoms with van der Waals surface area (Å²) < 4.78 is 19.1. The quantitative estimate of drug-likeness (QED) is 0.564. The first-order valence-corrected chi connectivity index (χ1v) is 8.08. The summed E-state index contributed by atoms with van der Waals surface area (Å²) in [6, 6.07) is 14.6. The van der Waals surface area contributed by atoms with Crippen LogP contribution in [-0.4, -0.2) is 5.91 Å². The van der Waals surface area contributed by atoms with E-state index in [-0.39, 0.29) is 5.69 Å². The van der Waals surface area contributed by atoms with E-state index in [0.717, 1.165) is 0 Å². The van der Waals surface area contributed by atoms with E-state index in [9.17, 15) is 9.18 Å². The Labute approximate surface area is 153 Å². The molecule has 0 atom stereocenters. The van der Waals surface area contributed by atoms with Crippen LogP contribution in [0.25, 0.3) is 17.4 Å². The van der Waals surface area contributed by atoms with Crippen molar-refractivity contribution in [3.05, 3.63) is 82.3 Å². The van der Waals surface area contributed by atoms with Crippen molar-refractivity contribution in [3.8, 4) is 11.3 Å². The van der Waals surface area contributed by atoms with E-state index in [1.165, 1.54) is 24.3 Å². The first-order chi connectivity index (χ1) is 12.0. The lowest BCUT2D eigenvalue weighted by Crippen LogP contribution is -2.08. The maximum Gasteiger partial charge on any atom is 0.248 e. The van der Waals surface area contributed by atoms with Crippen molar-refractivity contribution in [3.63, 3.8) is 0 Å². The summed E-state index contributed by atoms with van der Waals surface area (Å²) in [4.78, 5) is 11.9. The maximum absolute atomic E-state index is 13.5. The van der Waals surface area contributed by atoms with E-state index < -0.39 is 11.7 Å². The molecule has 0 unspecified atom stereocenters. The fourth-order valence-electron chi connectivity index (χ4n) is 2.18. The second-order valence-electron chi connectivity index (χ2n) is 5.11.